The number of ketones is 1. The van der Waals surface area contributed by atoms with Crippen molar-refractivity contribution in [2.24, 2.45) is 0 Å². The number of benzene rings is 1. The molecule has 0 unspecified atom stereocenters. The van der Waals surface area contributed by atoms with Gasteiger partial charge in [-0.05, 0) is 30.7 Å². The first-order valence-corrected chi connectivity index (χ1v) is 5.45. The first-order chi connectivity index (χ1) is 7.16. The highest BCUT2D eigenvalue weighted by molar-refractivity contribution is 7.19. The molecule has 1 aromatic carbocycles. The van der Waals surface area contributed by atoms with E-state index < -0.39 is 0 Å². The van der Waals surface area contributed by atoms with Crippen LogP contribution in [0.25, 0.3) is 10.4 Å². The summed E-state index contributed by atoms with van der Waals surface area (Å²) >= 11 is 1.53. The lowest BCUT2D eigenvalue weighted by Gasteiger charge is -1.99. The Morgan fingerprint density at radius 2 is 2.07 bits per heavy atom. The Labute approximate surface area is 92.4 Å². The molecule has 0 atom stereocenters. The Morgan fingerprint density at radius 3 is 2.67 bits per heavy atom. The Balaban J connectivity index is 2.45. The van der Waals surface area contributed by atoms with Gasteiger partial charge in [0.05, 0.1) is 5.00 Å². The average Bonchev–Trinajstić information content (AvgIpc) is 2.65. The lowest BCUT2D eigenvalue weighted by molar-refractivity contribution is 0.101. The normalized spacial score (nSPS) is 10.2. The van der Waals surface area contributed by atoms with Crippen molar-refractivity contribution in [1.29, 1.82) is 0 Å². The maximum Gasteiger partial charge on any atom is 0.159 e. The molecule has 1 aromatic heterocycles. The van der Waals surface area contributed by atoms with Gasteiger partial charge in [0.2, 0.25) is 0 Å². The number of rotatable bonds is 2. The van der Waals surface area contributed by atoms with Crippen LogP contribution >= 0.6 is 11.3 Å². The Bertz CT molecular complexity index is 502. The molecule has 3 heteroatoms. The van der Waals surface area contributed by atoms with Crippen LogP contribution in [0.15, 0.2) is 36.4 Å². The van der Waals surface area contributed by atoms with Crippen molar-refractivity contribution < 1.29 is 4.79 Å². The van der Waals surface area contributed by atoms with Crippen molar-refractivity contribution in [3.8, 4) is 10.4 Å². The van der Waals surface area contributed by atoms with Gasteiger partial charge in [-0.1, -0.05) is 18.2 Å². The molecule has 0 saturated carbocycles. The lowest BCUT2D eigenvalue weighted by atomic mass is 10.1. The summed E-state index contributed by atoms with van der Waals surface area (Å²) in [5.74, 6) is 0.0846. The molecule has 0 spiro atoms. The van der Waals surface area contributed by atoms with E-state index in [1.165, 1.54) is 11.3 Å². The van der Waals surface area contributed by atoms with E-state index in [9.17, 15) is 4.79 Å². The van der Waals surface area contributed by atoms with E-state index in [1.54, 1.807) is 6.92 Å². The molecular weight excluding hydrogens is 206 g/mol. The van der Waals surface area contributed by atoms with Crippen LogP contribution in [0.5, 0.6) is 0 Å². The third kappa shape index (κ3) is 2.07. The third-order valence-corrected chi connectivity index (χ3v) is 3.14. The smallest absolute Gasteiger partial charge is 0.159 e. The zero-order chi connectivity index (χ0) is 10.8. The van der Waals surface area contributed by atoms with Crippen LogP contribution in [0.1, 0.15) is 17.3 Å². The topological polar surface area (TPSA) is 43.1 Å². The first kappa shape index (κ1) is 9.93. The summed E-state index contributed by atoms with van der Waals surface area (Å²) in [7, 11) is 0. The second-order valence-corrected chi connectivity index (χ2v) is 4.45. The molecule has 2 aromatic rings. The van der Waals surface area contributed by atoms with E-state index in [2.05, 4.69) is 0 Å². The maximum atomic E-state index is 11.2. The molecule has 0 bridgehead atoms. The lowest BCUT2D eigenvalue weighted by Crippen LogP contribution is -1.90. The largest absolute Gasteiger partial charge is 0.391 e. The van der Waals surface area contributed by atoms with Gasteiger partial charge in [0.25, 0.3) is 0 Å². The summed E-state index contributed by atoms with van der Waals surface area (Å²) in [6, 6.07) is 11.4. The number of anilines is 1. The molecule has 2 rings (SSSR count). The van der Waals surface area contributed by atoms with Crippen LogP contribution in [0.3, 0.4) is 0 Å². The molecule has 0 aliphatic heterocycles. The number of carbonyl (C=O) groups excluding carboxylic acids is 1. The van der Waals surface area contributed by atoms with E-state index in [0.29, 0.717) is 0 Å². The number of nitrogen functional groups attached to an aromatic ring is 1. The number of Topliss-reactive ketones (excluding diaryl/α,β-unsaturated/α-hetero) is 1. The Kier molecular flexibility index (Phi) is 2.56. The van der Waals surface area contributed by atoms with Crippen molar-refractivity contribution in [3.05, 3.63) is 42.0 Å². The minimum Gasteiger partial charge on any atom is -0.391 e. The van der Waals surface area contributed by atoms with E-state index in [4.69, 9.17) is 5.73 Å². The summed E-state index contributed by atoms with van der Waals surface area (Å²) in [5.41, 5.74) is 7.45. The van der Waals surface area contributed by atoms with Crippen molar-refractivity contribution in [3.63, 3.8) is 0 Å². The van der Waals surface area contributed by atoms with Crippen LogP contribution in [-0.2, 0) is 0 Å². The van der Waals surface area contributed by atoms with Crippen LogP contribution in [-0.4, -0.2) is 5.78 Å². The number of hydrogen-bond donors (Lipinski definition) is 1. The van der Waals surface area contributed by atoms with Crippen molar-refractivity contribution in [2.45, 2.75) is 6.92 Å². The Hall–Kier alpha value is -1.61. The maximum absolute atomic E-state index is 11.2. The summed E-state index contributed by atoms with van der Waals surface area (Å²) in [6.45, 7) is 1.57. The van der Waals surface area contributed by atoms with Gasteiger partial charge in [-0.3, -0.25) is 4.79 Å². The first-order valence-electron chi connectivity index (χ1n) is 4.63. The minimum absolute atomic E-state index is 0.0846. The fraction of sp³-hybridized carbons (Fsp3) is 0.0833. The number of thiophene rings is 1. The summed E-state index contributed by atoms with van der Waals surface area (Å²) in [4.78, 5) is 12.3. The van der Waals surface area contributed by atoms with Crippen molar-refractivity contribution in [1.82, 2.24) is 0 Å². The highest BCUT2D eigenvalue weighted by Gasteiger charge is 2.04. The van der Waals surface area contributed by atoms with Gasteiger partial charge in [-0.25, -0.2) is 0 Å². The van der Waals surface area contributed by atoms with Crippen LogP contribution < -0.4 is 5.73 Å². The van der Waals surface area contributed by atoms with Crippen molar-refractivity contribution in [2.75, 3.05) is 5.73 Å². The minimum atomic E-state index is 0.0846. The predicted octanol–water partition coefficient (Wildman–Crippen LogP) is 3.20. The molecule has 2 N–H and O–H groups in total. The standard InChI is InChI=1S/C12H11NOS/c1-8(14)9-3-2-4-10(7-9)11-5-6-12(13)15-11/h2-7H,13H2,1H3. The van der Waals surface area contributed by atoms with Gasteiger partial charge in [-0.15, -0.1) is 11.3 Å². The number of nitrogens with two attached hydrogens (primary N) is 1. The number of carbonyl (C=O) groups is 1. The van der Waals surface area contributed by atoms with E-state index in [-0.39, 0.29) is 5.78 Å². The van der Waals surface area contributed by atoms with E-state index in [0.717, 1.165) is 21.0 Å². The molecule has 2 nitrogen and oxygen atoms in total. The molecule has 0 radical (unpaired) electrons. The average molecular weight is 217 g/mol. The van der Waals surface area contributed by atoms with Crippen LogP contribution in [0, 0.1) is 0 Å². The Morgan fingerprint density at radius 1 is 1.27 bits per heavy atom. The molecule has 0 saturated heterocycles. The molecule has 0 aliphatic carbocycles. The number of hydrogen-bond acceptors (Lipinski definition) is 3. The highest BCUT2D eigenvalue weighted by atomic mass is 32.1. The molecule has 0 fully saturated rings. The quantitative estimate of drug-likeness (QED) is 0.785. The van der Waals surface area contributed by atoms with Gasteiger partial charge in [0.1, 0.15) is 0 Å². The predicted molar refractivity (Wildman–Crippen MR) is 64.2 cm³/mol. The highest BCUT2D eigenvalue weighted by Crippen LogP contribution is 2.29. The molecule has 76 valence electrons. The fourth-order valence-electron chi connectivity index (χ4n) is 1.40. The van der Waals surface area contributed by atoms with Gasteiger partial charge in [0, 0.05) is 10.4 Å². The molecular formula is C12H11NOS. The third-order valence-electron chi connectivity index (χ3n) is 2.18. The van der Waals surface area contributed by atoms with E-state index >= 15 is 0 Å². The molecule has 15 heavy (non-hydrogen) atoms. The van der Waals surface area contributed by atoms with Gasteiger partial charge < -0.3 is 5.73 Å². The summed E-state index contributed by atoms with van der Waals surface area (Å²) in [5, 5.41) is 0.790. The SMILES string of the molecule is CC(=O)c1cccc(-c2ccc(N)s2)c1. The van der Waals surface area contributed by atoms with Gasteiger partial charge >= 0.3 is 0 Å². The van der Waals surface area contributed by atoms with E-state index in [1.807, 2.05) is 36.4 Å². The van der Waals surface area contributed by atoms with Gasteiger partial charge in [-0.2, -0.15) is 0 Å². The fourth-order valence-corrected chi connectivity index (χ4v) is 2.17. The summed E-state index contributed by atoms with van der Waals surface area (Å²) in [6.07, 6.45) is 0. The van der Waals surface area contributed by atoms with Gasteiger partial charge in [0.15, 0.2) is 5.78 Å². The van der Waals surface area contributed by atoms with Crippen LogP contribution in [0.2, 0.25) is 0 Å². The van der Waals surface area contributed by atoms with Crippen molar-refractivity contribution >= 4 is 22.1 Å². The molecule has 1 heterocycles. The molecule has 0 aliphatic rings. The molecule has 0 amide bonds. The summed E-state index contributed by atoms with van der Waals surface area (Å²) < 4.78 is 0. The van der Waals surface area contributed by atoms with Crippen LogP contribution in [0.4, 0.5) is 5.00 Å². The monoisotopic (exact) mass is 217 g/mol. The second kappa shape index (κ2) is 3.87. The zero-order valence-electron chi connectivity index (χ0n) is 8.36. The second-order valence-electron chi connectivity index (χ2n) is 3.34. The zero-order valence-corrected chi connectivity index (χ0v) is 9.17.